The van der Waals surface area contributed by atoms with E-state index in [0.29, 0.717) is 11.5 Å². The molecule has 1 aliphatic rings. The molecule has 0 radical (unpaired) electrons. The molecule has 2 heterocycles. The maximum absolute atomic E-state index is 6.01. The van der Waals surface area contributed by atoms with E-state index in [1.165, 1.54) is 0 Å². The number of benzene rings is 1. The summed E-state index contributed by atoms with van der Waals surface area (Å²) >= 11 is 0. The molecule has 1 atom stereocenters. The molecule has 0 saturated carbocycles. The number of azo groups is 1. The Kier molecular flexibility index (Phi) is 1.80. The number of rotatable bonds is 1. The molecule has 2 N–H and O–H groups in total. The summed E-state index contributed by atoms with van der Waals surface area (Å²) in [7, 11) is 0. The third-order valence-electron chi connectivity index (χ3n) is 2.64. The Labute approximate surface area is 92.6 Å². The average Bonchev–Trinajstić information content (AvgIpc) is 2.83. The van der Waals surface area contributed by atoms with Gasteiger partial charge in [0.15, 0.2) is 12.0 Å². The van der Waals surface area contributed by atoms with Crippen molar-refractivity contribution in [2.45, 2.75) is 13.1 Å². The van der Waals surface area contributed by atoms with Crippen molar-refractivity contribution >= 4 is 11.5 Å². The molecule has 0 spiro atoms. The lowest BCUT2D eigenvalue weighted by atomic mass is 10.1. The lowest BCUT2D eigenvalue weighted by Gasteiger charge is -1.99. The number of nitrogens with two attached hydrogens (primary N) is 1. The molecule has 0 saturated heterocycles. The Hall–Kier alpha value is -2.17. The number of hydrogen-bond donors (Lipinski definition) is 1. The molecule has 1 aromatic carbocycles. The van der Waals surface area contributed by atoms with Crippen molar-refractivity contribution in [3.05, 3.63) is 30.3 Å². The molecule has 1 aliphatic heterocycles. The van der Waals surface area contributed by atoms with Crippen LogP contribution in [-0.4, -0.2) is 9.78 Å². The molecular weight excluding hydrogens is 202 g/mol. The second-order valence-corrected chi connectivity index (χ2v) is 3.74. The molecule has 1 unspecified atom stereocenters. The van der Waals surface area contributed by atoms with Gasteiger partial charge in [-0.2, -0.15) is 10.2 Å². The highest BCUT2D eigenvalue weighted by atomic mass is 15.5. The maximum atomic E-state index is 6.01. The Balaban J connectivity index is 2.18. The normalized spacial score (nSPS) is 17.7. The minimum Gasteiger partial charge on any atom is -0.394 e. The zero-order valence-corrected chi connectivity index (χ0v) is 8.83. The second kappa shape index (κ2) is 3.16. The van der Waals surface area contributed by atoms with Gasteiger partial charge in [-0.25, -0.2) is 4.68 Å². The first-order chi connectivity index (χ1) is 7.77. The number of hydrogen-bond acceptors (Lipinski definition) is 4. The number of nitrogen functional groups attached to an aromatic ring is 1. The van der Waals surface area contributed by atoms with E-state index in [0.717, 1.165) is 11.3 Å². The smallest absolute Gasteiger partial charge is 0.198 e. The Morgan fingerprint density at radius 2 is 2.00 bits per heavy atom. The van der Waals surface area contributed by atoms with Gasteiger partial charge in [0.05, 0.1) is 0 Å². The lowest BCUT2D eigenvalue weighted by Crippen LogP contribution is -1.99. The fraction of sp³-hybridized carbons (Fsp3) is 0.182. The van der Waals surface area contributed by atoms with Gasteiger partial charge in [0, 0.05) is 5.56 Å². The largest absolute Gasteiger partial charge is 0.394 e. The van der Waals surface area contributed by atoms with Crippen molar-refractivity contribution in [2.24, 2.45) is 10.2 Å². The van der Waals surface area contributed by atoms with E-state index in [1.807, 2.05) is 37.3 Å². The highest BCUT2D eigenvalue weighted by Gasteiger charge is 2.23. The summed E-state index contributed by atoms with van der Waals surface area (Å²) in [6.45, 7) is 1.93. The molecule has 0 aliphatic carbocycles. The number of aromatic nitrogens is 2. The summed E-state index contributed by atoms with van der Waals surface area (Å²) < 4.78 is 1.75. The maximum Gasteiger partial charge on any atom is 0.198 e. The topological polar surface area (TPSA) is 68.6 Å². The Morgan fingerprint density at radius 3 is 2.69 bits per heavy atom. The lowest BCUT2D eigenvalue weighted by molar-refractivity contribution is 0.540. The van der Waals surface area contributed by atoms with E-state index in [9.17, 15) is 0 Å². The molecule has 2 aromatic rings. The van der Waals surface area contributed by atoms with Crippen LogP contribution in [0.5, 0.6) is 0 Å². The van der Waals surface area contributed by atoms with Gasteiger partial charge in [0.1, 0.15) is 11.4 Å². The van der Waals surface area contributed by atoms with Crippen LogP contribution in [-0.2, 0) is 0 Å². The van der Waals surface area contributed by atoms with Gasteiger partial charge in [-0.3, -0.25) is 0 Å². The van der Waals surface area contributed by atoms with Crippen LogP contribution in [0, 0.1) is 0 Å². The Morgan fingerprint density at radius 1 is 1.25 bits per heavy atom. The predicted octanol–water partition coefficient (Wildman–Crippen LogP) is 2.75. The third-order valence-corrected chi connectivity index (χ3v) is 2.64. The molecule has 5 nitrogen and oxygen atoms in total. The molecule has 1 aromatic heterocycles. The first-order valence-corrected chi connectivity index (χ1v) is 5.11. The van der Waals surface area contributed by atoms with Crippen molar-refractivity contribution in [1.82, 2.24) is 9.78 Å². The number of anilines is 1. The third kappa shape index (κ3) is 1.14. The van der Waals surface area contributed by atoms with Crippen LogP contribution >= 0.6 is 0 Å². The summed E-state index contributed by atoms with van der Waals surface area (Å²) in [6, 6.07) is 9.85. The summed E-state index contributed by atoms with van der Waals surface area (Å²) in [5, 5.41) is 12.5. The SMILES string of the molecule is CC1N=Nc2c(N)c(-c3ccccc3)nn21. The van der Waals surface area contributed by atoms with Crippen molar-refractivity contribution in [1.29, 1.82) is 0 Å². The summed E-state index contributed by atoms with van der Waals surface area (Å²) in [5.41, 5.74) is 8.39. The first kappa shape index (κ1) is 9.08. The average molecular weight is 213 g/mol. The number of fused-ring (bicyclic) bond motifs is 1. The van der Waals surface area contributed by atoms with Crippen molar-refractivity contribution < 1.29 is 0 Å². The van der Waals surface area contributed by atoms with E-state index in [1.54, 1.807) is 4.68 Å². The van der Waals surface area contributed by atoms with Crippen LogP contribution in [0.2, 0.25) is 0 Å². The first-order valence-electron chi connectivity index (χ1n) is 5.11. The molecule has 0 amide bonds. The van der Waals surface area contributed by atoms with Crippen LogP contribution in [0.25, 0.3) is 11.3 Å². The summed E-state index contributed by atoms with van der Waals surface area (Å²) in [4.78, 5) is 0. The van der Waals surface area contributed by atoms with E-state index < -0.39 is 0 Å². The van der Waals surface area contributed by atoms with Gasteiger partial charge in [-0.15, -0.1) is 5.11 Å². The van der Waals surface area contributed by atoms with E-state index >= 15 is 0 Å². The van der Waals surface area contributed by atoms with Gasteiger partial charge >= 0.3 is 0 Å². The van der Waals surface area contributed by atoms with Gasteiger partial charge in [-0.05, 0) is 6.92 Å². The van der Waals surface area contributed by atoms with E-state index in [4.69, 9.17) is 5.73 Å². The number of nitrogens with zero attached hydrogens (tertiary/aromatic N) is 4. The Bertz CT molecular complexity index is 555. The zero-order chi connectivity index (χ0) is 11.1. The molecule has 0 fully saturated rings. The quantitative estimate of drug-likeness (QED) is 0.791. The van der Waals surface area contributed by atoms with E-state index in [-0.39, 0.29) is 6.17 Å². The van der Waals surface area contributed by atoms with Crippen LogP contribution in [0.4, 0.5) is 11.5 Å². The van der Waals surface area contributed by atoms with E-state index in [2.05, 4.69) is 15.3 Å². The molecular formula is C11H11N5. The molecule has 16 heavy (non-hydrogen) atoms. The fourth-order valence-corrected chi connectivity index (χ4v) is 1.79. The van der Waals surface area contributed by atoms with Crippen molar-refractivity contribution in [3.63, 3.8) is 0 Å². The van der Waals surface area contributed by atoms with Crippen molar-refractivity contribution in [2.75, 3.05) is 5.73 Å². The highest BCUT2D eigenvalue weighted by molar-refractivity contribution is 5.80. The molecule has 0 bridgehead atoms. The van der Waals surface area contributed by atoms with Crippen LogP contribution in [0.15, 0.2) is 40.6 Å². The zero-order valence-electron chi connectivity index (χ0n) is 8.83. The minimum atomic E-state index is -0.0604. The predicted molar refractivity (Wildman–Crippen MR) is 61.3 cm³/mol. The van der Waals surface area contributed by atoms with Gasteiger partial charge < -0.3 is 5.73 Å². The van der Waals surface area contributed by atoms with Crippen LogP contribution in [0.3, 0.4) is 0 Å². The van der Waals surface area contributed by atoms with Crippen LogP contribution < -0.4 is 5.73 Å². The van der Waals surface area contributed by atoms with Gasteiger partial charge in [0.25, 0.3) is 0 Å². The molecule has 80 valence electrons. The monoisotopic (exact) mass is 213 g/mol. The summed E-state index contributed by atoms with van der Waals surface area (Å²) in [6.07, 6.45) is -0.0604. The van der Waals surface area contributed by atoms with Gasteiger partial charge in [0.2, 0.25) is 0 Å². The fourth-order valence-electron chi connectivity index (χ4n) is 1.79. The highest BCUT2D eigenvalue weighted by Crippen LogP contribution is 2.38. The molecule has 3 rings (SSSR count). The standard InChI is InChI=1S/C11H11N5/c1-7-13-14-11-9(12)10(15-16(7)11)8-5-3-2-4-6-8/h2-7H,12H2,1H3. The van der Waals surface area contributed by atoms with Crippen molar-refractivity contribution in [3.8, 4) is 11.3 Å². The summed E-state index contributed by atoms with van der Waals surface area (Å²) in [5.74, 6) is 0.659. The van der Waals surface area contributed by atoms with Crippen LogP contribution in [0.1, 0.15) is 13.1 Å². The second-order valence-electron chi connectivity index (χ2n) is 3.74. The molecule has 5 heteroatoms. The minimum absolute atomic E-state index is 0.0604. The van der Waals surface area contributed by atoms with Gasteiger partial charge in [-0.1, -0.05) is 30.3 Å².